The van der Waals surface area contributed by atoms with Crippen molar-refractivity contribution in [2.24, 2.45) is 0 Å². The zero-order valence-corrected chi connectivity index (χ0v) is 11.7. The predicted octanol–water partition coefficient (Wildman–Crippen LogP) is 4.76. The minimum Gasteiger partial charge on any atom is -0.226 e. The lowest BCUT2D eigenvalue weighted by Crippen LogP contribution is -1.87. The fourth-order valence-corrected chi connectivity index (χ4v) is 1.95. The molecule has 21 heavy (non-hydrogen) atoms. The second-order valence-corrected chi connectivity index (χ2v) is 4.60. The molecular formula is C19H14N2. The maximum atomic E-state index is 9.20. The summed E-state index contributed by atoms with van der Waals surface area (Å²) in [5.74, 6) is 0. The maximum absolute atomic E-state index is 9.20. The number of rotatable bonds is 2. The molecule has 0 N–H and O–H groups in total. The Balaban J connectivity index is 2.57. The third-order valence-electron chi connectivity index (χ3n) is 3.06. The molecule has 0 saturated heterocycles. The van der Waals surface area contributed by atoms with Crippen LogP contribution in [-0.4, -0.2) is 0 Å². The quantitative estimate of drug-likeness (QED) is 0.562. The van der Waals surface area contributed by atoms with E-state index in [0.29, 0.717) is 5.57 Å². The molecule has 0 saturated carbocycles. The first-order chi connectivity index (χ1) is 10.2. The van der Waals surface area contributed by atoms with Gasteiger partial charge < -0.3 is 0 Å². The summed E-state index contributed by atoms with van der Waals surface area (Å²) in [7, 11) is 0. The van der Waals surface area contributed by atoms with Crippen LogP contribution in [0.4, 0.5) is 0 Å². The monoisotopic (exact) mass is 270 g/mol. The van der Waals surface area contributed by atoms with Crippen molar-refractivity contribution in [1.29, 1.82) is 5.26 Å². The Hall–Kier alpha value is -3.10. The van der Waals surface area contributed by atoms with Crippen molar-refractivity contribution in [2.45, 2.75) is 6.92 Å². The van der Waals surface area contributed by atoms with E-state index in [1.54, 1.807) is 0 Å². The van der Waals surface area contributed by atoms with Gasteiger partial charge >= 0.3 is 0 Å². The van der Waals surface area contributed by atoms with E-state index in [9.17, 15) is 5.26 Å². The van der Waals surface area contributed by atoms with Crippen LogP contribution in [0.5, 0.6) is 0 Å². The van der Waals surface area contributed by atoms with Crippen LogP contribution in [0.1, 0.15) is 11.1 Å². The van der Waals surface area contributed by atoms with Crippen molar-refractivity contribution in [1.82, 2.24) is 0 Å². The van der Waals surface area contributed by atoms with Crippen LogP contribution >= 0.6 is 0 Å². The summed E-state index contributed by atoms with van der Waals surface area (Å²) < 4.78 is 0. The van der Waals surface area contributed by atoms with Gasteiger partial charge in [-0.3, -0.25) is 0 Å². The van der Waals surface area contributed by atoms with Gasteiger partial charge in [-0.15, -0.1) is 0 Å². The summed E-state index contributed by atoms with van der Waals surface area (Å²) in [6.07, 6.45) is 13.5. The Morgan fingerprint density at radius 2 is 1.71 bits per heavy atom. The first kappa shape index (κ1) is 14.3. The van der Waals surface area contributed by atoms with Gasteiger partial charge in [-0.2, -0.15) is 0 Å². The fourth-order valence-electron chi connectivity index (χ4n) is 1.95. The molecule has 0 atom stereocenters. The highest BCUT2D eigenvalue weighted by Gasteiger charge is 2.07. The lowest BCUT2D eigenvalue weighted by atomic mass is 9.99. The van der Waals surface area contributed by atoms with E-state index in [0.717, 1.165) is 16.7 Å². The molecule has 1 aliphatic carbocycles. The van der Waals surface area contributed by atoms with Crippen molar-refractivity contribution in [2.75, 3.05) is 0 Å². The normalized spacial score (nSPS) is 14.0. The van der Waals surface area contributed by atoms with Crippen molar-refractivity contribution in [3.05, 3.63) is 101 Å². The van der Waals surface area contributed by atoms with Crippen LogP contribution in [0.3, 0.4) is 0 Å². The summed E-state index contributed by atoms with van der Waals surface area (Å²) in [6.45, 7) is 9.22. The van der Waals surface area contributed by atoms with E-state index in [4.69, 9.17) is 6.57 Å². The number of allylic oxidation sites excluding steroid dienone is 10. The molecule has 1 aliphatic rings. The van der Waals surface area contributed by atoms with Crippen molar-refractivity contribution in [3.63, 3.8) is 0 Å². The summed E-state index contributed by atoms with van der Waals surface area (Å²) in [5.41, 5.74) is 3.72. The van der Waals surface area contributed by atoms with Gasteiger partial charge in [0.2, 0.25) is 0 Å². The van der Waals surface area contributed by atoms with Crippen molar-refractivity contribution < 1.29 is 0 Å². The topological polar surface area (TPSA) is 28.1 Å². The van der Waals surface area contributed by atoms with Crippen molar-refractivity contribution in [3.8, 4) is 6.07 Å². The highest BCUT2D eigenvalue weighted by Crippen LogP contribution is 2.24. The minimum atomic E-state index is 0.102. The molecule has 100 valence electrons. The molecule has 1 aromatic rings. The molecule has 0 heterocycles. The molecule has 0 aliphatic heterocycles. The average molecular weight is 270 g/mol. The largest absolute Gasteiger partial charge is 0.269 e. The molecule has 2 heteroatoms. The third kappa shape index (κ3) is 3.69. The molecule has 2 rings (SSSR count). The van der Waals surface area contributed by atoms with Gasteiger partial charge in [-0.05, 0) is 23.6 Å². The van der Waals surface area contributed by atoms with Crippen LogP contribution < -0.4 is 0 Å². The third-order valence-corrected chi connectivity index (χ3v) is 3.06. The molecule has 0 unspecified atom stereocenters. The number of hydrogen-bond acceptors (Lipinski definition) is 1. The average Bonchev–Trinajstić information content (AvgIpc) is 2.77. The highest BCUT2D eigenvalue weighted by molar-refractivity contribution is 5.82. The van der Waals surface area contributed by atoms with Gasteiger partial charge in [0.05, 0.1) is 12.6 Å². The molecule has 0 radical (unpaired) electrons. The molecule has 0 fully saturated rings. The Morgan fingerprint density at radius 1 is 1.10 bits per heavy atom. The highest BCUT2D eigenvalue weighted by atomic mass is 14.7. The number of benzene rings is 1. The Morgan fingerprint density at radius 3 is 2.24 bits per heavy atom. The molecule has 0 spiro atoms. The van der Waals surface area contributed by atoms with Crippen molar-refractivity contribution >= 4 is 5.57 Å². The summed E-state index contributed by atoms with van der Waals surface area (Å²) in [4.78, 5) is 3.35. The maximum Gasteiger partial charge on any atom is 0.269 e. The SMILES string of the molecule is [C-]#[N+]/C(C#N)=C(/C=C1C=CC=CC=C1)c1ccc(C)cc1. The second kappa shape index (κ2) is 6.89. The minimum absolute atomic E-state index is 0.102. The van der Waals surface area contributed by atoms with Crippen LogP contribution in [-0.2, 0) is 0 Å². The first-order valence-corrected chi connectivity index (χ1v) is 6.56. The van der Waals surface area contributed by atoms with E-state index in [2.05, 4.69) is 4.85 Å². The number of aryl methyl sites for hydroxylation is 1. The standard InChI is InChI=1S/C19H14N2/c1-15-9-11-17(12-10-15)18(19(14-20)21-2)13-16-7-5-3-4-6-8-16/h3-13H,1H3/b19-18-. The molecule has 2 nitrogen and oxygen atoms in total. The number of nitrogens with zero attached hydrogens (tertiary/aromatic N) is 2. The number of nitriles is 1. The van der Waals surface area contributed by atoms with Gasteiger partial charge in [0.15, 0.2) is 0 Å². The summed E-state index contributed by atoms with van der Waals surface area (Å²) in [5, 5.41) is 9.20. The zero-order valence-electron chi connectivity index (χ0n) is 11.7. The lowest BCUT2D eigenvalue weighted by Gasteiger charge is -2.05. The molecule has 0 bridgehead atoms. The van der Waals surface area contributed by atoms with Crippen LogP contribution in [0.15, 0.2) is 78.1 Å². The van der Waals surface area contributed by atoms with E-state index < -0.39 is 0 Å². The molecule has 1 aromatic carbocycles. The molecule has 0 aromatic heterocycles. The van der Waals surface area contributed by atoms with Gasteiger partial charge in [-0.1, -0.05) is 72.4 Å². The predicted molar refractivity (Wildman–Crippen MR) is 85.8 cm³/mol. The second-order valence-electron chi connectivity index (χ2n) is 4.60. The molecule has 0 amide bonds. The summed E-state index contributed by atoms with van der Waals surface area (Å²) in [6, 6.07) is 9.82. The van der Waals surface area contributed by atoms with Crippen LogP contribution in [0.2, 0.25) is 0 Å². The summed E-state index contributed by atoms with van der Waals surface area (Å²) >= 11 is 0. The van der Waals surface area contributed by atoms with E-state index in [-0.39, 0.29) is 5.70 Å². The van der Waals surface area contributed by atoms with Gasteiger partial charge in [-0.25, -0.2) is 10.1 Å². The lowest BCUT2D eigenvalue weighted by molar-refractivity contribution is 1.44. The Bertz CT molecular complexity index is 721. The Kier molecular flexibility index (Phi) is 4.70. The Labute approximate surface area is 125 Å². The first-order valence-electron chi connectivity index (χ1n) is 6.56. The van der Waals surface area contributed by atoms with E-state index in [1.807, 2.05) is 79.8 Å². The van der Waals surface area contributed by atoms with Gasteiger partial charge in [0.1, 0.15) is 0 Å². The van der Waals surface area contributed by atoms with Crippen LogP contribution in [0, 0.1) is 24.8 Å². The smallest absolute Gasteiger partial charge is 0.226 e. The van der Waals surface area contributed by atoms with E-state index in [1.165, 1.54) is 0 Å². The van der Waals surface area contributed by atoms with Gasteiger partial charge in [0, 0.05) is 0 Å². The zero-order chi connectivity index (χ0) is 15.1. The van der Waals surface area contributed by atoms with Crippen LogP contribution in [0.25, 0.3) is 10.4 Å². The molecular weight excluding hydrogens is 256 g/mol. The number of hydrogen-bond donors (Lipinski definition) is 0. The van der Waals surface area contributed by atoms with E-state index >= 15 is 0 Å². The fraction of sp³-hybridized carbons (Fsp3) is 0.0526. The van der Waals surface area contributed by atoms with Gasteiger partial charge in [0.25, 0.3) is 5.70 Å².